The first-order chi connectivity index (χ1) is 18.4. The van der Waals surface area contributed by atoms with Crippen molar-refractivity contribution in [2.75, 3.05) is 30.3 Å². The number of anilines is 4. The van der Waals surface area contributed by atoms with Crippen LogP contribution in [0.2, 0.25) is 0 Å². The lowest BCUT2D eigenvalue weighted by molar-refractivity contribution is -0.136. The van der Waals surface area contributed by atoms with E-state index in [-0.39, 0.29) is 34.6 Å². The van der Waals surface area contributed by atoms with E-state index in [0.717, 1.165) is 11.1 Å². The SMILES string of the molecule is CCNC(=O)c1cnc(Nc2ccc3c(c2)CN(C(=O)CO)CC3(C)C)nc1Nc1cccc(C(C)(C)O)n1. The van der Waals surface area contributed by atoms with Gasteiger partial charge in [-0.25, -0.2) is 9.97 Å². The summed E-state index contributed by atoms with van der Waals surface area (Å²) < 4.78 is 0. The molecule has 0 fully saturated rings. The van der Waals surface area contributed by atoms with Crippen molar-refractivity contribution in [3.05, 3.63) is 65.0 Å². The van der Waals surface area contributed by atoms with Gasteiger partial charge in [-0.15, -0.1) is 0 Å². The van der Waals surface area contributed by atoms with Gasteiger partial charge in [0.1, 0.15) is 29.4 Å². The summed E-state index contributed by atoms with van der Waals surface area (Å²) in [6, 6.07) is 11.1. The third kappa shape index (κ3) is 6.32. The van der Waals surface area contributed by atoms with E-state index in [2.05, 4.69) is 44.7 Å². The number of pyridine rings is 1. The molecule has 0 saturated heterocycles. The summed E-state index contributed by atoms with van der Waals surface area (Å²) in [6.07, 6.45) is 1.44. The van der Waals surface area contributed by atoms with Crippen LogP contribution in [0.5, 0.6) is 0 Å². The lowest BCUT2D eigenvalue weighted by Crippen LogP contribution is -2.46. The summed E-state index contributed by atoms with van der Waals surface area (Å²) >= 11 is 0. The van der Waals surface area contributed by atoms with Crippen LogP contribution in [-0.2, 0) is 22.4 Å². The Morgan fingerprint density at radius 1 is 1.13 bits per heavy atom. The number of amides is 2. The van der Waals surface area contributed by atoms with Crippen molar-refractivity contribution in [2.45, 2.75) is 52.2 Å². The first-order valence-corrected chi connectivity index (χ1v) is 12.8. The highest BCUT2D eigenvalue weighted by atomic mass is 16.3. The number of aliphatic hydroxyl groups excluding tert-OH is 1. The van der Waals surface area contributed by atoms with Crippen molar-refractivity contribution < 1.29 is 19.8 Å². The van der Waals surface area contributed by atoms with Crippen molar-refractivity contribution in [3.8, 4) is 0 Å². The number of rotatable bonds is 8. The molecule has 0 spiro atoms. The number of benzene rings is 1. The summed E-state index contributed by atoms with van der Waals surface area (Å²) in [6.45, 7) is 10.1. The Balaban J connectivity index is 1.65. The Morgan fingerprint density at radius 2 is 1.90 bits per heavy atom. The van der Waals surface area contributed by atoms with Gasteiger partial charge in [0.2, 0.25) is 11.9 Å². The monoisotopic (exact) mass is 533 g/mol. The van der Waals surface area contributed by atoms with E-state index >= 15 is 0 Å². The van der Waals surface area contributed by atoms with Crippen molar-refractivity contribution in [3.63, 3.8) is 0 Å². The molecule has 4 rings (SSSR count). The Kier molecular flexibility index (Phi) is 7.84. The average molecular weight is 534 g/mol. The van der Waals surface area contributed by atoms with E-state index in [4.69, 9.17) is 0 Å². The van der Waals surface area contributed by atoms with Gasteiger partial charge in [0.05, 0.1) is 5.69 Å². The van der Waals surface area contributed by atoms with E-state index in [9.17, 15) is 19.8 Å². The predicted molar refractivity (Wildman–Crippen MR) is 148 cm³/mol. The second-order valence-corrected chi connectivity index (χ2v) is 10.7. The van der Waals surface area contributed by atoms with Crippen LogP contribution in [0.15, 0.2) is 42.6 Å². The largest absolute Gasteiger partial charge is 0.387 e. The topological polar surface area (TPSA) is 153 Å². The molecular weight excluding hydrogens is 498 g/mol. The summed E-state index contributed by atoms with van der Waals surface area (Å²) in [5.74, 6) is 0.263. The molecule has 0 bridgehead atoms. The predicted octanol–water partition coefficient (Wildman–Crippen LogP) is 2.95. The molecule has 2 aromatic heterocycles. The second-order valence-electron chi connectivity index (χ2n) is 10.7. The molecule has 206 valence electrons. The highest BCUT2D eigenvalue weighted by Crippen LogP contribution is 2.35. The molecule has 1 aliphatic heterocycles. The first-order valence-electron chi connectivity index (χ1n) is 12.8. The van der Waals surface area contributed by atoms with Gasteiger partial charge >= 0.3 is 0 Å². The molecule has 0 radical (unpaired) electrons. The molecular formula is C28H35N7O4. The number of carbonyl (C=O) groups excluding carboxylic acids is 2. The maximum Gasteiger partial charge on any atom is 0.256 e. The van der Waals surface area contributed by atoms with Crippen molar-refractivity contribution in [1.82, 2.24) is 25.2 Å². The van der Waals surface area contributed by atoms with E-state index in [1.165, 1.54) is 6.20 Å². The molecule has 3 heterocycles. The van der Waals surface area contributed by atoms with Gasteiger partial charge in [-0.2, -0.15) is 4.98 Å². The van der Waals surface area contributed by atoms with Crippen LogP contribution in [0.25, 0.3) is 0 Å². The molecule has 1 aliphatic rings. The summed E-state index contributed by atoms with van der Waals surface area (Å²) in [7, 11) is 0. The van der Waals surface area contributed by atoms with Crippen molar-refractivity contribution in [1.29, 1.82) is 0 Å². The number of hydrogen-bond donors (Lipinski definition) is 5. The Hall–Kier alpha value is -4.09. The lowest BCUT2D eigenvalue weighted by Gasteiger charge is -2.40. The first kappa shape index (κ1) is 27.9. The minimum atomic E-state index is -1.14. The van der Waals surface area contributed by atoms with E-state index < -0.39 is 12.2 Å². The highest BCUT2D eigenvalue weighted by molar-refractivity contribution is 5.99. The highest BCUT2D eigenvalue weighted by Gasteiger charge is 2.33. The van der Waals surface area contributed by atoms with Gasteiger partial charge in [0.15, 0.2) is 0 Å². The molecule has 2 amide bonds. The molecule has 0 aliphatic carbocycles. The zero-order chi connectivity index (χ0) is 28.4. The third-order valence-electron chi connectivity index (χ3n) is 6.52. The number of aliphatic hydroxyl groups is 2. The summed E-state index contributed by atoms with van der Waals surface area (Å²) in [5, 5.41) is 28.8. The van der Waals surface area contributed by atoms with Gasteiger partial charge in [0.25, 0.3) is 5.91 Å². The zero-order valence-electron chi connectivity index (χ0n) is 22.9. The van der Waals surface area contributed by atoms with Gasteiger partial charge < -0.3 is 31.1 Å². The summed E-state index contributed by atoms with van der Waals surface area (Å²) in [5.41, 5.74) is 2.08. The van der Waals surface area contributed by atoms with Gasteiger partial charge in [-0.3, -0.25) is 9.59 Å². The molecule has 1 aromatic carbocycles. The lowest BCUT2D eigenvalue weighted by atomic mass is 9.78. The van der Waals surface area contributed by atoms with Gasteiger partial charge in [-0.1, -0.05) is 26.0 Å². The van der Waals surface area contributed by atoms with E-state index in [1.54, 1.807) is 36.9 Å². The fraction of sp³-hybridized carbons (Fsp3) is 0.393. The van der Waals surface area contributed by atoms with Crippen LogP contribution in [0.3, 0.4) is 0 Å². The van der Waals surface area contributed by atoms with E-state index in [1.807, 2.05) is 25.1 Å². The van der Waals surface area contributed by atoms with Crippen LogP contribution in [-0.4, -0.2) is 61.6 Å². The number of fused-ring (bicyclic) bond motifs is 1. The zero-order valence-corrected chi connectivity index (χ0v) is 22.9. The van der Waals surface area contributed by atoms with Crippen LogP contribution in [0.1, 0.15) is 61.8 Å². The van der Waals surface area contributed by atoms with Crippen molar-refractivity contribution >= 4 is 35.1 Å². The molecule has 0 atom stereocenters. The van der Waals surface area contributed by atoms with Gasteiger partial charge in [0, 0.05) is 36.9 Å². The quantitative estimate of drug-likeness (QED) is 0.294. The number of hydrogen-bond acceptors (Lipinski definition) is 9. The minimum absolute atomic E-state index is 0.239. The maximum atomic E-state index is 12.7. The normalized spacial score (nSPS) is 14.4. The Bertz CT molecular complexity index is 1380. The number of carbonyl (C=O) groups is 2. The van der Waals surface area contributed by atoms with Gasteiger partial charge in [-0.05, 0) is 56.2 Å². The fourth-order valence-electron chi connectivity index (χ4n) is 4.62. The number of aromatic nitrogens is 3. The molecule has 11 heteroatoms. The Labute approximate surface area is 227 Å². The third-order valence-corrected chi connectivity index (χ3v) is 6.52. The van der Waals surface area contributed by atoms with Crippen LogP contribution in [0, 0.1) is 0 Å². The molecule has 3 aromatic rings. The fourth-order valence-corrected chi connectivity index (χ4v) is 4.62. The molecule has 39 heavy (non-hydrogen) atoms. The number of nitrogens with zero attached hydrogens (tertiary/aromatic N) is 4. The smallest absolute Gasteiger partial charge is 0.256 e. The minimum Gasteiger partial charge on any atom is -0.387 e. The molecule has 0 saturated carbocycles. The molecule has 0 unspecified atom stereocenters. The van der Waals surface area contributed by atoms with E-state index in [0.29, 0.717) is 36.8 Å². The molecule has 5 N–H and O–H groups in total. The van der Waals surface area contributed by atoms with Crippen LogP contribution < -0.4 is 16.0 Å². The Morgan fingerprint density at radius 3 is 2.59 bits per heavy atom. The number of nitrogens with one attached hydrogen (secondary N) is 3. The second kappa shape index (κ2) is 11.0. The van der Waals surface area contributed by atoms with Crippen molar-refractivity contribution in [2.24, 2.45) is 0 Å². The van der Waals surface area contributed by atoms with Crippen LogP contribution in [0.4, 0.5) is 23.3 Å². The standard InChI is InChI=1S/C28H35N7O4/c1-6-29-25(38)19-13-30-26(34-24(19)33-22-9-7-8-21(32-22)28(4,5)39)31-18-10-11-20-17(12-18)14-35(23(37)15-36)16-27(20,2)3/h7-13,36,39H,6,14-16H2,1-5H3,(H,29,38)(H2,30,31,32,33,34). The average Bonchev–Trinajstić information content (AvgIpc) is 2.87. The summed E-state index contributed by atoms with van der Waals surface area (Å²) in [4.78, 5) is 40.0. The molecule has 11 nitrogen and oxygen atoms in total. The maximum absolute atomic E-state index is 12.7. The van der Waals surface area contributed by atoms with Crippen LogP contribution >= 0.6 is 0 Å².